The number of aryl methyl sites for hydroxylation is 2. The van der Waals surface area contributed by atoms with Crippen LogP contribution in [0.2, 0.25) is 5.02 Å². The molecule has 1 aliphatic heterocycles. The van der Waals surface area contributed by atoms with Crippen molar-refractivity contribution >= 4 is 28.4 Å². The van der Waals surface area contributed by atoms with Crippen LogP contribution in [0.25, 0.3) is 10.9 Å². The second-order valence-electron chi connectivity index (χ2n) is 7.02. The Balaban J connectivity index is 1.48. The first kappa shape index (κ1) is 17.8. The molecule has 0 bridgehead atoms. The Bertz CT molecular complexity index is 1100. The van der Waals surface area contributed by atoms with Gasteiger partial charge in [-0.3, -0.25) is 9.59 Å². The summed E-state index contributed by atoms with van der Waals surface area (Å²) in [7, 11) is 0. The monoisotopic (exact) mass is 384 g/mol. The predicted molar refractivity (Wildman–Crippen MR) is 105 cm³/mol. The second-order valence-corrected chi connectivity index (χ2v) is 7.46. The van der Waals surface area contributed by atoms with Crippen LogP contribution >= 0.6 is 11.6 Å². The summed E-state index contributed by atoms with van der Waals surface area (Å²) in [6.07, 6.45) is 0.711. The number of hydrogen-bond acceptors (Lipinski definition) is 3. The topological polar surface area (TPSA) is 71.0 Å². The van der Waals surface area contributed by atoms with E-state index in [9.17, 15) is 9.59 Å². The number of aromatic amines is 1. The van der Waals surface area contributed by atoms with Gasteiger partial charge in [0, 0.05) is 52.4 Å². The summed E-state index contributed by atoms with van der Waals surface area (Å²) in [6.45, 7) is 5.57. The van der Waals surface area contributed by atoms with Crippen LogP contribution in [0, 0.1) is 13.8 Å². The van der Waals surface area contributed by atoms with Crippen LogP contribution in [0.4, 0.5) is 0 Å². The minimum absolute atomic E-state index is 0.0592. The lowest BCUT2D eigenvalue weighted by Gasteiger charge is -2.29. The summed E-state index contributed by atoms with van der Waals surface area (Å²) in [5.41, 5.74) is 3.39. The van der Waals surface area contributed by atoms with Gasteiger partial charge in [-0.05, 0) is 44.5 Å². The van der Waals surface area contributed by atoms with Gasteiger partial charge in [-0.2, -0.15) is 0 Å². The zero-order valence-electron chi connectivity index (χ0n) is 15.4. The normalized spacial score (nSPS) is 13.8. The van der Waals surface area contributed by atoms with Gasteiger partial charge in [0.1, 0.15) is 5.82 Å². The van der Waals surface area contributed by atoms with E-state index in [0.717, 1.165) is 23.1 Å². The van der Waals surface area contributed by atoms with Gasteiger partial charge in [-0.1, -0.05) is 11.6 Å². The fourth-order valence-electron chi connectivity index (χ4n) is 3.84. The van der Waals surface area contributed by atoms with E-state index in [1.165, 1.54) is 0 Å². The van der Waals surface area contributed by atoms with Gasteiger partial charge >= 0.3 is 0 Å². The van der Waals surface area contributed by atoms with Crippen molar-refractivity contribution < 1.29 is 4.79 Å². The Labute approximate surface area is 161 Å². The number of halogens is 1. The zero-order chi connectivity index (χ0) is 19.1. The Hall–Kier alpha value is -2.60. The number of hydrogen-bond donors (Lipinski definition) is 1. The number of nitrogens with zero attached hydrogens (tertiary/aromatic N) is 3. The van der Waals surface area contributed by atoms with E-state index < -0.39 is 0 Å². The molecule has 27 heavy (non-hydrogen) atoms. The maximum Gasteiger partial charge on any atom is 0.254 e. The molecule has 1 amide bonds. The number of H-pyrrole nitrogens is 1. The second kappa shape index (κ2) is 6.85. The van der Waals surface area contributed by atoms with Crippen molar-refractivity contribution in [2.45, 2.75) is 39.8 Å². The molecule has 7 heteroatoms. The van der Waals surface area contributed by atoms with E-state index in [1.54, 1.807) is 6.92 Å². The average molecular weight is 385 g/mol. The number of aromatic nitrogens is 3. The van der Waals surface area contributed by atoms with E-state index in [2.05, 4.69) is 20.6 Å². The van der Waals surface area contributed by atoms with Crippen molar-refractivity contribution in [3.05, 3.63) is 62.4 Å². The summed E-state index contributed by atoms with van der Waals surface area (Å²) in [6, 6.07) is 7.97. The molecule has 0 spiro atoms. The number of carbonyl (C=O) groups excluding carboxylic acids is 1. The molecule has 1 aromatic carbocycles. The molecule has 0 unspecified atom stereocenters. The predicted octanol–water partition coefficient (Wildman–Crippen LogP) is 2.97. The van der Waals surface area contributed by atoms with E-state index in [0.29, 0.717) is 48.0 Å². The summed E-state index contributed by atoms with van der Waals surface area (Å²) >= 11 is 6.09. The number of rotatable bonds is 3. The van der Waals surface area contributed by atoms with Crippen molar-refractivity contribution in [1.29, 1.82) is 0 Å². The molecule has 2 aromatic heterocycles. The van der Waals surface area contributed by atoms with Crippen LogP contribution in [-0.2, 0) is 24.3 Å². The lowest BCUT2D eigenvalue weighted by molar-refractivity contribution is -0.132. The molecule has 6 nitrogen and oxygen atoms in total. The van der Waals surface area contributed by atoms with Crippen LogP contribution in [0.15, 0.2) is 29.1 Å². The molecule has 3 aromatic rings. The highest BCUT2D eigenvalue weighted by Crippen LogP contribution is 2.27. The zero-order valence-corrected chi connectivity index (χ0v) is 16.1. The molecule has 0 fully saturated rings. The third-order valence-corrected chi connectivity index (χ3v) is 5.41. The van der Waals surface area contributed by atoms with Gasteiger partial charge in [-0.25, -0.2) is 4.98 Å². The Morgan fingerprint density at radius 2 is 2.07 bits per heavy atom. The highest BCUT2D eigenvalue weighted by Gasteiger charge is 2.22. The number of nitrogens with one attached hydrogen (secondary N) is 1. The third kappa shape index (κ3) is 3.37. The van der Waals surface area contributed by atoms with Gasteiger partial charge in [0.05, 0.1) is 6.54 Å². The van der Waals surface area contributed by atoms with Gasteiger partial charge in [0.2, 0.25) is 5.91 Å². The summed E-state index contributed by atoms with van der Waals surface area (Å²) in [5, 5.41) is 1.81. The van der Waals surface area contributed by atoms with Crippen molar-refractivity contribution in [3.8, 4) is 0 Å². The molecular formula is C20H21ClN4O2. The van der Waals surface area contributed by atoms with E-state index in [-0.39, 0.29) is 11.5 Å². The lowest BCUT2D eigenvalue weighted by Crippen LogP contribution is -2.38. The van der Waals surface area contributed by atoms with Crippen LogP contribution in [0.5, 0.6) is 0 Å². The molecule has 1 N–H and O–H groups in total. The number of amides is 1. The quantitative estimate of drug-likeness (QED) is 0.754. The minimum atomic E-state index is -0.150. The Morgan fingerprint density at radius 1 is 1.26 bits per heavy atom. The van der Waals surface area contributed by atoms with Crippen LogP contribution < -0.4 is 5.56 Å². The number of carbonyl (C=O) groups is 1. The third-order valence-electron chi connectivity index (χ3n) is 5.18. The highest BCUT2D eigenvalue weighted by atomic mass is 35.5. The molecule has 0 saturated heterocycles. The highest BCUT2D eigenvalue weighted by molar-refractivity contribution is 6.31. The molecule has 3 heterocycles. The SMILES string of the molecule is Cc1nc(C)c(CCC(=O)N2CCn3c(cc4cc(Cl)ccc43)C2)c(=O)[nH]1. The van der Waals surface area contributed by atoms with Gasteiger partial charge in [-0.15, -0.1) is 0 Å². The average Bonchev–Trinajstić information content (AvgIpc) is 2.96. The fraction of sp³-hybridized carbons (Fsp3) is 0.350. The smallest absolute Gasteiger partial charge is 0.254 e. The van der Waals surface area contributed by atoms with Crippen LogP contribution in [0.3, 0.4) is 0 Å². The molecule has 0 atom stereocenters. The molecule has 140 valence electrons. The van der Waals surface area contributed by atoms with Crippen molar-refractivity contribution in [1.82, 2.24) is 19.4 Å². The summed E-state index contributed by atoms with van der Waals surface area (Å²) in [4.78, 5) is 33.7. The van der Waals surface area contributed by atoms with Gasteiger partial charge in [0.15, 0.2) is 0 Å². The number of fused-ring (bicyclic) bond motifs is 3. The lowest BCUT2D eigenvalue weighted by atomic mass is 10.1. The molecule has 0 aliphatic carbocycles. The number of benzene rings is 1. The Morgan fingerprint density at radius 3 is 2.85 bits per heavy atom. The molecule has 4 rings (SSSR count). The Kier molecular flexibility index (Phi) is 4.52. The molecule has 0 saturated carbocycles. The van der Waals surface area contributed by atoms with E-state index >= 15 is 0 Å². The molecular weight excluding hydrogens is 364 g/mol. The standard InChI is InChI=1S/C20H21ClN4O2/c1-12-17(20(27)23-13(2)22-12)4-6-19(26)24-7-8-25-16(11-24)10-14-9-15(21)3-5-18(14)25/h3,5,9-10H,4,6-8,11H2,1-2H3,(H,22,23,27). The van der Waals surface area contributed by atoms with Crippen molar-refractivity contribution in [2.24, 2.45) is 0 Å². The van der Waals surface area contributed by atoms with E-state index in [1.807, 2.05) is 30.0 Å². The first-order valence-corrected chi connectivity index (χ1v) is 9.42. The van der Waals surface area contributed by atoms with Gasteiger partial charge < -0.3 is 14.5 Å². The van der Waals surface area contributed by atoms with Crippen molar-refractivity contribution in [3.63, 3.8) is 0 Å². The summed E-state index contributed by atoms with van der Waals surface area (Å²) < 4.78 is 2.24. The largest absolute Gasteiger partial charge is 0.341 e. The fourth-order valence-corrected chi connectivity index (χ4v) is 4.02. The first-order chi connectivity index (χ1) is 12.9. The minimum Gasteiger partial charge on any atom is -0.341 e. The molecule has 1 aliphatic rings. The van der Waals surface area contributed by atoms with Gasteiger partial charge in [0.25, 0.3) is 5.56 Å². The van der Waals surface area contributed by atoms with Crippen LogP contribution in [-0.4, -0.2) is 31.9 Å². The van der Waals surface area contributed by atoms with E-state index in [4.69, 9.17) is 11.6 Å². The first-order valence-electron chi connectivity index (χ1n) is 9.04. The maximum absolute atomic E-state index is 12.7. The van der Waals surface area contributed by atoms with Crippen LogP contribution in [0.1, 0.15) is 29.2 Å². The summed E-state index contributed by atoms with van der Waals surface area (Å²) in [5.74, 6) is 0.653. The maximum atomic E-state index is 12.7. The van der Waals surface area contributed by atoms with Crippen molar-refractivity contribution in [2.75, 3.05) is 6.54 Å². The molecule has 0 radical (unpaired) electrons.